The number of ether oxygens (including phenoxy) is 1. The molecule has 6 nitrogen and oxygen atoms in total. The zero-order valence-corrected chi connectivity index (χ0v) is 17.4. The number of amides is 1. The van der Waals surface area contributed by atoms with Gasteiger partial charge in [0.1, 0.15) is 0 Å². The fraction of sp³-hybridized carbons (Fsp3) is 0.250. The van der Waals surface area contributed by atoms with Crippen LogP contribution in [0.3, 0.4) is 0 Å². The number of halogens is 2. The molecule has 152 valence electrons. The fourth-order valence-electron chi connectivity index (χ4n) is 2.46. The van der Waals surface area contributed by atoms with E-state index in [1.165, 1.54) is 12.1 Å². The zero-order valence-electron chi connectivity index (χ0n) is 15.8. The summed E-state index contributed by atoms with van der Waals surface area (Å²) in [7, 11) is 1.72. The third-order valence-corrected chi connectivity index (χ3v) is 5.00. The molecule has 0 aliphatic rings. The highest BCUT2D eigenvalue weighted by Gasteiger charge is 2.19. The van der Waals surface area contributed by atoms with Crippen LogP contribution in [0.4, 0.5) is 4.39 Å². The van der Waals surface area contributed by atoms with Crippen molar-refractivity contribution < 1.29 is 18.3 Å². The van der Waals surface area contributed by atoms with E-state index in [1.54, 1.807) is 37.1 Å². The number of carbonyl (C=O) groups is 1. The lowest BCUT2D eigenvalue weighted by molar-refractivity contribution is -0.127. The second-order valence-corrected chi connectivity index (χ2v) is 7.63. The molecule has 0 radical (unpaired) electrons. The molecule has 3 rings (SSSR count). The molecule has 0 fully saturated rings. The molecule has 2 aromatic carbocycles. The minimum absolute atomic E-state index is 0.0922. The van der Waals surface area contributed by atoms with Gasteiger partial charge in [0.05, 0.1) is 5.75 Å². The van der Waals surface area contributed by atoms with E-state index in [0.29, 0.717) is 11.6 Å². The standard InChI is InChI=1S/C20H19ClFN3O3S/c1-13(27-17-9-4-3-8-16(17)22)19-23-24-20(28-19)29-12-18(26)25(2)11-14-6-5-7-15(21)10-14/h3-10,13H,11-12H2,1-2H3. The van der Waals surface area contributed by atoms with Gasteiger partial charge < -0.3 is 14.1 Å². The third-order valence-electron chi connectivity index (χ3n) is 3.96. The van der Waals surface area contributed by atoms with Gasteiger partial charge in [0.15, 0.2) is 17.7 Å². The van der Waals surface area contributed by atoms with Gasteiger partial charge in [0.25, 0.3) is 11.1 Å². The number of aromatic nitrogens is 2. The normalized spacial score (nSPS) is 11.9. The number of hydrogen-bond donors (Lipinski definition) is 0. The van der Waals surface area contributed by atoms with Crippen molar-refractivity contribution in [3.8, 4) is 5.75 Å². The molecule has 0 spiro atoms. The molecule has 0 bridgehead atoms. The maximum absolute atomic E-state index is 13.7. The van der Waals surface area contributed by atoms with Gasteiger partial charge in [-0.2, -0.15) is 0 Å². The molecule has 1 aromatic heterocycles. The highest BCUT2D eigenvalue weighted by atomic mass is 35.5. The summed E-state index contributed by atoms with van der Waals surface area (Å²) in [5.74, 6) is -0.116. The van der Waals surface area contributed by atoms with Crippen LogP contribution in [0.5, 0.6) is 5.75 Å². The molecule has 0 aliphatic carbocycles. The Morgan fingerprint density at radius 3 is 2.83 bits per heavy atom. The van der Waals surface area contributed by atoms with E-state index in [1.807, 2.05) is 18.2 Å². The number of thioether (sulfide) groups is 1. The maximum atomic E-state index is 13.7. The average Bonchev–Trinajstić information content (AvgIpc) is 3.17. The molecule has 1 unspecified atom stereocenters. The van der Waals surface area contributed by atoms with Gasteiger partial charge in [-0.1, -0.05) is 47.6 Å². The van der Waals surface area contributed by atoms with Gasteiger partial charge in [0.2, 0.25) is 5.91 Å². The Balaban J connectivity index is 1.52. The van der Waals surface area contributed by atoms with Crippen LogP contribution in [0.25, 0.3) is 0 Å². The van der Waals surface area contributed by atoms with Crippen LogP contribution >= 0.6 is 23.4 Å². The summed E-state index contributed by atoms with van der Waals surface area (Å²) in [6, 6.07) is 13.4. The smallest absolute Gasteiger partial charge is 0.277 e. The van der Waals surface area contributed by atoms with Gasteiger partial charge in [-0.25, -0.2) is 4.39 Å². The summed E-state index contributed by atoms with van der Waals surface area (Å²) in [4.78, 5) is 13.9. The van der Waals surface area contributed by atoms with Crippen molar-refractivity contribution in [3.63, 3.8) is 0 Å². The Labute approximate surface area is 177 Å². The summed E-state index contributed by atoms with van der Waals surface area (Å²) in [6.07, 6.45) is -0.630. The van der Waals surface area contributed by atoms with E-state index in [4.69, 9.17) is 20.8 Å². The van der Waals surface area contributed by atoms with E-state index in [2.05, 4.69) is 10.2 Å². The van der Waals surface area contributed by atoms with Crippen LogP contribution in [-0.2, 0) is 11.3 Å². The van der Waals surface area contributed by atoms with Gasteiger partial charge >= 0.3 is 0 Å². The molecule has 0 saturated heterocycles. The van der Waals surface area contributed by atoms with Crippen molar-refractivity contribution in [2.75, 3.05) is 12.8 Å². The maximum Gasteiger partial charge on any atom is 0.277 e. The predicted octanol–water partition coefficient (Wildman–Crippen LogP) is 4.75. The van der Waals surface area contributed by atoms with Crippen LogP contribution < -0.4 is 4.74 Å². The van der Waals surface area contributed by atoms with Crippen LogP contribution in [0.1, 0.15) is 24.5 Å². The largest absolute Gasteiger partial charge is 0.478 e. The highest BCUT2D eigenvalue weighted by Crippen LogP contribution is 2.25. The topological polar surface area (TPSA) is 68.5 Å². The molecule has 3 aromatic rings. The predicted molar refractivity (Wildman–Crippen MR) is 108 cm³/mol. The molecular weight excluding hydrogens is 417 g/mol. The van der Waals surface area contributed by atoms with Crippen molar-refractivity contribution in [2.45, 2.75) is 24.8 Å². The summed E-state index contributed by atoms with van der Waals surface area (Å²) < 4.78 is 24.7. The molecular formula is C20H19ClFN3O3S. The van der Waals surface area contributed by atoms with Gasteiger partial charge in [-0.3, -0.25) is 4.79 Å². The first-order chi connectivity index (χ1) is 13.9. The van der Waals surface area contributed by atoms with Crippen LogP contribution in [-0.4, -0.2) is 33.8 Å². The van der Waals surface area contributed by atoms with Crippen LogP contribution in [0.2, 0.25) is 5.02 Å². The first-order valence-electron chi connectivity index (χ1n) is 8.78. The van der Waals surface area contributed by atoms with Crippen molar-refractivity contribution >= 4 is 29.3 Å². The minimum atomic E-state index is -0.630. The first-order valence-corrected chi connectivity index (χ1v) is 10.1. The quantitative estimate of drug-likeness (QED) is 0.475. The second-order valence-electron chi connectivity index (χ2n) is 6.27. The number of para-hydroxylation sites is 1. The van der Waals surface area contributed by atoms with E-state index < -0.39 is 11.9 Å². The molecule has 0 N–H and O–H groups in total. The lowest BCUT2D eigenvalue weighted by Crippen LogP contribution is -2.27. The Bertz CT molecular complexity index is 985. The van der Waals surface area contributed by atoms with Gasteiger partial charge in [-0.15, -0.1) is 10.2 Å². The Kier molecular flexibility index (Phi) is 7.11. The van der Waals surface area contributed by atoms with Crippen molar-refractivity contribution in [1.29, 1.82) is 0 Å². The van der Waals surface area contributed by atoms with Crippen LogP contribution in [0.15, 0.2) is 58.2 Å². The lowest BCUT2D eigenvalue weighted by Gasteiger charge is -2.16. The Morgan fingerprint density at radius 2 is 2.07 bits per heavy atom. The van der Waals surface area contributed by atoms with E-state index in [0.717, 1.165) is 17.3 Å². The monoisotopic (exact) mass is 435 g/mol. The summed E-state index contributed by atoms with van der Waals surface area (Å²) >= 11 is 7.10. The number of nitrogens with zero attached hydrogens (tertiary/aromatic N) is 3. The Hall–Kier alpha value is -2.58. The highest BCUT2D eigenvalue weighted by molar-refractivity contribution is 7.99. The van der Waals surface area contributed by atoms with E-state index in [-0.39, 0.29) is 28.5 Å². The molecule has 1 heterocycles. The first kappa shape index (κ1) is 21.1. The SMILES string of the molecule is CC(Oc1ccccc1F)c1nnc(SCC(=O)N(C)Cc2cccc(Cl)c2)o1. The van der Waals surface area contributed by atoms with E-state index >= 15 is 0 Å². The lowest BCUT2D eigenvalue weighted by atomic mass is 10.2. The third kappa shape index (κ3) is 5.95. The zero-order chi connectivity index (χ0) is 20.8. The molecule has 0 aliphatic heterocycles. The van der Waals surface area contributed by atoms with Crippen molar-refractivity contribution in [3.05, 3.63) is 70.8 Å². The number of hydrogen-bond acceptors (Lipinski definition) is 6. The average molecular weight is 436 g/mol. The van der Waals surface area contributed by atoms with Crippen molar-refractivity contribution in [1.82, 2.24) is 15.1 Å². The fourth-order valence-corrected chi connectivity index (χ4v) is 3.38. The number of rotatable bonds is 8. The van der Waals surface area contributed by atoms with Gasteiger partial charge in [0, 0.05) is 18.6 Å². The number of benzene rings is 2. The molecule has 9 heteroatoms. The molecule has 29 heavy (non-hydrogen) atoms. The molecule has 1 amide bonds. The van der Waals surface area contributed by atoms with Crippen molar-refractivity contribution in [2.24, 2.45) is 0 Å². The summed E-state index contributed by atoms with van der Waals surface area (Å²) in [5.41, 5.74) is 0.942. The van der Waals surface area contributed by atoms with E-state index in [9.17, 15) is 9.18 Å². The summed E-state index contributed by atoms with van der Waals surface area (Å²) in [5, 5.41) is 8.70. The Morgan fingerprint density at radius 1 is 1.28 bits per heavy atom. The number of carbonyl (C=O) groups excluding carboxylic acids is 1. The molecule has 1 atom stereocenters. The molecule has 0 saturated carbocycles. The van der Waals surface area contributed by atoms with Crippen LogP contribution in [0, 0.1) is 5.82 Å². The minimum Gasteiger partial charge on any atom is -0.478 e. The second kappa shape index (κ2) is 9.76. The summed E-state index contributed by atoms with van der Waals surface area (Å²) in [6.45, 7) is 2.13. The van der Waals surface area contributed by atoms with Gasteiger partial charge in [-0.05, 0) is 36.8 Å².